The van der Waals surface area contributed by atoms with E-state index < -0.39 is 5.82 Å². The fourth-order valence-corrected chi connectivity index (χ4v) is 3.25. The lowest BCUT2D eigenvalue weighted by atomic mass is 10.1. The molecular formula is C21H25FN2O. The van der Waals surface area contributed by atoms with Crippen LogP contribution in [-0.2, 0) is 6.42 Å². The minimum absolute atomic E-state index is 0.235. The minimum atomic E-state index is -0.392. The summed E-state index contributed by atoms with van der Waals surface area (Å²) < 4.78 is 13.1. The topological polar surface area (TPSA) is 32.3 Å². The van der Waals surface area contributed by atoms with Gasteiger partial charge in [0.05, 0.1) is 0 Å². The Bertz CT molecular complexity index is 691. The molecule has 2 aromatic carbocycles. The number of rotatable bonds is 5. The largest absolute Gasteiger partial charge is 0.372 e. The number of nitrogens with one attached hydrogen (secondary N) is 1. The molecule has 0 aliphatic carbocycles. The lowest BCUT2D eigenvalue weighted by molar-refractivity contribution is 0.0953. The second-order valence-corrected chi connectivity index (χ2v) is 6.58. The first kappa shape index (κ1) is 17.5. The molecule has 132 valence electrons. The number of carbonyl (C=O) groups is 1. The Kier molecular flexibility index (Phi) is 6.04. The van der Waals surface area contributed by atoms with E-state index in [1.54, 1.807) is 12.1 Å². The van der Waals surface area contributed by atoms with Crippen LogP contribution in [0.2, 0.25) is 0 Å². The molecule has 3 rings (SSSR count). The Morgan fingerprint density at radius 3 is 2.40 bits per heavy atom. The van der Waals surface area contributed by atoms with Gasteiger partial charge in [0, 0.05) is 30.9 Å². The maximum absolute atomic E-state index is 13.1. The van der Waals surface area contributed by atoms with E-state index in [0.717, 1.165) is 19.5 Å². The smallest absolute Gasteiger partial charge is 0.251 e. The molecule has 2 aromatic rings. The first-order chi connectivity index (χ1) is 12.2. The summed E-state index contributed by atoms with van der Waals surface area (Å²) in [5, 5.41) is 2.84. The minimum Gasteiger partial charge on any atom is -0.372 e. The van der Waals surface area contributed by atoms with Crippen LogP contribution in [0.4, 0.5) is 10.1 Å². The average molecular weight is 340 g/mol. The highest BCUT2D eigenvalue weighted by Gasteiger charge is 2.10. The monoisotopic (exact) mass is 340 g/mol. The van der Waals surface area contributed by atoms with E-state index >= 15 is 0 Å². The maximum atomic E-state index is 13.1. The third-order valence-corrected chi connectivity index (χ3v) is 4.69. The van der Waals surface area contributed by atoms with Gasteiger partial charge in [0.2, 0.25) is 0 Å². The Morgan fingerprint density at radius 2 is 1.72 bits per heavy atom. The fraction of sp³-hybridized carbons (Fsp3) is 0.381. The van der Waals surface area contributed by atoms with Crippen LogP contribution in [0, 0.1) is 5.82 Å². The molecule has 1 N–H and O–H groups in total. The Morgan fingerprint density at radius 1 is 1.00 bits per heavy atom. The van der Waals surface area contributed by atoms with Crippen molar-refractivity contribution >= 4 is 11.6 Å². The van der Waals surface area contributed by atoms with Gasteiger partial charge in [-0.05, 0) is 55.2 Å². The second kappa shape index (κ2) is 8.65. The summed E-state index contributed by atoms with van der Waals surface area (Å²) in [6.45, 7) is 2.82. The first-order valence-electron chi connectivity index (χ1n) is 9.10. The zero-order valence-electron chi connectivity index (χ0n) is 14.5. The van der Waals surface area contributed by atoms with E-state index in [1.807, 2.05) is 0 Å². The number of anilines is 1. The summed E-state index contributed by atoms with van der Waals surface area (Å²) in [6.07, 6.45) is 5.97. The first-order valence-corrected chi connectivity index (χ1v) is 9.10. The van der Waals surface area contributed by atoms with Crippen LogP contribution in [0.1, 0.15) is 41.6 Å². The molecule has 0 radical (unpaired) electrons. The Labute approximate surface area is 148 Å². The van der Waals surface area contributed by atoms with Crippen molar-refractivity contribution < 1.29 is 9.18 Å². The number of hydrogen-bond acceptors (Lipinski definition) is 2. The highest BCUT2D eigenvalue weighted by atomic mass is 19.1. The van der Waals surface area contributed by atoms with Crippen molar-refractivity contribution in [2.24, 2.45) is 0 Å². The van der Waals surface area contributed by atoms with E-state index in [9.17, 15) is 9.18 Å². The molecule has 25 heavy (non-hydrogen) atoms. The summed E-state index contributed by atoms with van der Waals surface area (Å²) in [4.78, 5) is 14.5. The molecule has 0 atom stereocenters. The zero-order chi connectivity index (χ0) is 17.5. The van der Waals surface area contributed by atoms with Gasteiger partial charge < -0.3 is 10.2 Å². The van der Waals surface area contributed by atoms with Crippen LogP contribution < -0.4 is 10.2 Å². The molecule has 1 saturated heterocycles. The van der Waals surface area contributed by atoms with Crippen LogP contribution >= 0.6 is 0 Å². The second-order valence-electron chi connectivity index (χ2n) is 6.58. The van der Waals surface area contributed by atoms with Crippen molar-refractivity contribution in [1.82, 2.24) is 5.32 Å². The van der Waals surface area contributed by atoms with Gasteiger partial charge >= 0.3 is 0 Å². The van der Waals surface area contributed by atoms with E-state index in [-0.39, 0.29) is 5.91 Å². The SMILES string of the molecule is O=C(NCCc1ccc(N2CCCCCC2)cc1)c1cccc(F)c1. The number of carbonyl (C=O) groups excluding carboxylic acids is 1. The number of benzene rings is 2. The highest BCUT2D eigenvalue weighted by molar-refractivity contribution is 5.94. The normalized spacial score (nSPS) is 14.8. The predicted octanol–water partition coefficient (Wildman–Crippen LogP) is 4.18. The Balaban J connectivity index is 1.49. The predicted molar refractivity (Wildman–Crippen MR) is 99.6 cm³/mol. The van der Waals surface area contributed by atoms with Gasteiger partial charge in [0.25, 0.3) is 5.91 Å². The van der Waals surface area contributed by atoms with E-state index in [4.69, 9.17) is 0 Å². The molecule has 0 spiro atoms. The molecule has 1 aliphatic heterocycles. The van der Waals surface area contributed by atoms with Crippen molar-refractivity contribution in [2.45, 2.75) is 32.1 Å². The molecule has 3 nitrogen and oxygen atoms in total. The molecule has 0 unspecified atom stereocenters. The van der Waals surface area contributed by atoms with Gasteiger partial charge in [-0.1, -0.05) is 31.0 Å². The van der Waals surface area contributed by atoms with Gasteiger partial charge in [0.1, 0.15) is 5.82 Å². The summed E-state index contributed by atoms with van der Waals surface area (Å²) in [6, 6.07) is 14.4. The van der Waals surface area contributed by atoms with E-state index in [0.29, 0.717) is 12.1 Å². The average Bonchev–Trinajstić information content (AvgIpc) is 2.92. The number of halogens is 1. The molecule has 1 fully saturated rings. The van der Waals surface area contributed by atoms with Crippen molar-refractivity contribution in [3.63, 3.8) is 0 Å². The molecular weight excluding hydrogens is 315 g/mol. The van der Waals surface area contributed by atoms with Gasteiger partial charge in [-0.25, -0.2) is 4.39 Å². The van der Waals surface area contributed by atoms with Crippen molar-refractivity contribution in [3.05, 3.63) is 65.5 Å². The van der Waals surface area contributed by atoms with Crippen LogP contribution in [0.15, 0.2) is 48.5 Å². The van der Waals surface area contributed by atoms with Crippen LogP contribution in [0.25, 0.3) is 0 Å². The molecule has 0 bridgehead atoms. The molecule has 0 aromatic heterocycles. The summed E-state index contributed by atoms with van der Waals surface area (Å²) in [5.74, 6) is -0.627. The molecule has 4 heteroatoms. The molecule has 1 aliphatic rings. The van der Waals surface area contributed by atoms with Gasteiger partial charge in [-0.2, -0.15) is 0 Å². The summed E-state index contributed by atoms with van der Waals surface area (Å²) in [5.41, 5.74) is 2.84. The van der Waals surface area contributed by atoms with E-state index in [1.165, 1.54) is 49.1 Å². The summed E-state index contributed by atoms with van der Waals surface area (Å²) >= 11 is 0. The zero-order valence-corrected chi connectivity index (χ0v) is 14.5. The number of hydrogen-bond donors (Lipinski definition) is 1. The van der Waals surface area contributed by atoms with Crippen molar-refractivity contribution in [3.8, 4) is 0 Å². The molecule has 0 saturated carbocycles. The third-order valence-electron chi connectivity index (χ3n) is 4.69. The van der Waals surface area contributed by atoms with Crippen molar-refractivity contribution in [1.29, 1.82) is 0 Å². The standard InChI is InChI=1S/C21H25FN2O/c22-19-7-5-6-18(16-19)21(25)23-13-12-17-8-10-20(11-9-17)24-14-3-1-2-4-15-24/h5-11,16H,1-4,12-15H2,(H,23,25). The molecule has 1 amide bonds. The van der Waals surface area contributed by atoms with Crippen molar-refractivity contribution in [2.75, 3.05) is 24.5 Å². The fourth-order valence-electron chi connectivity index (χ4n) is 3.25. The van der Waals surface area contributed by atoms with E-state index in [2.05, 4.69) is 34.5 Å². The lowest BCUT2D eigenvalue weighted by Crippen LogP contribution is -2.26. The third kappa shape index (κ3) is 5.05. The molecule has 1 heterocycles. The van der Waals surface area contributed by atoms with Gasteiger partial charge in [-0.15, -0.1) is 0 Å². The van der Waals surface area contributed by atoms with Crippen LogP contribution in [-0.4, -0.2) is 25.5 Å². The number of amides is 1. The maximum Gasteiger partial charge on any atom is 0.251 e. The van der Waals surface area contributed by atoms with Gasteiger partial charge in [0.15, 0.2) is 0 Å². The quantitative estimate of drug-likeness (QED) is 0.886. The number of nitrogens with zero attached hydrogens (tertiary/aromatic N) is 1. The highest BCUT2D eigenvalue weighted by Crippen LogP contribution is 2.20. The van der Waals surface area contributed by atoms with Gasteiger partial charge in [-0.3, -0.25) is 4.79 Å². The lowest BCUT2D eigenvalue weighted by Gasteiger charge is -2.22. The Hall–Kier alpha value is -2.36. The summed E-state index contributed by atoms with van der Waals surface area (Å²) in [7, 11) is 0. The van der Waals surface area contributed by atoms with Crippen LogP contribution in [0.5, 0.6) is 0 Å². The van der Waals surface area contributed by atoms with Crippen LogP contribution in [0.3, 0.4) is 0 Å².